The lowest BCUT2D eigenvalue weighted by Gasteiger charge is -2.20. The first-order chi connectivity index (χ1) is 10.2. The van der Waals surface area contributed by atoms with E-state index in [-0.39, 0.29) is 24.8 Å². The lowest BCUT2D eigenvalue weighted by Crippen LogP contribution is -2.34. The lowest BCUT2D eigenvalue weighted by molar-refractivity contribution is -0.140. The van der Waals surface area contributed by atoms with Crippen LogP contribution in [-0.2, 0) is 9.53 Å². The third-order valence-corrected chi connectivity index (χ3v) is 2.82. The molecule has 108 valence electrons. The lowest BCUT2D eigenvalue weighted by atomic mass is 10.2. The predicted molar refractivity (Wildman–Crippen MR) is 76.8 cm³/mol. The van der Waals surface area contributed by atoms with Crippen LogP contribution in [0.3, 0.4) is 0 Å². The van der Waals surface area contributed by atoms with Crippen molar-refractivity contribution in [2.24, 2.45) is 0 Å². The van der Waals surface area contributed by atoms with Crippen molar-refractivity contribution in [1.82, 2.24) is 9.97 Å². The SMILES string of the molecule is COC(=O)CCN(C(=O)c1ccccn1)c1ccccn1. The molecule has 0 aliphatic heterocycles. The van der Waals surface area contributed by atoms with E-state index in [4.69, 9.17) is 0 Å². The Kier molecular flexibility index (Phi) is 4.98. The normalized spacial score (nSPS) is 9.95. The van der Waals surface area contributed by atoms with Crippen molar-refractivity contribution >= 4 is 17.7 Å². The summed E-state index contributed by atoms with van der Waals surface area (Å²) in [6.45, 7) is 0.180. The molecule has 0 fully saturated rings. The number of carbonyl (C=O) groups excluding carboxylic acids is 2. The number of pyridine rings is 2. The first kappa shape index (κ1) is 14.6. The molecule has 1 amide bonds. The molecule has 6 heteroatoms. The Bertz CT molecular complexity index is 602. The Hall–Kier alpha value is -2.76. The van der Waals surface area contributed by atoms with E-state index < -0.39 is 0 Å². The second kappa shape index (κ2) is 7.14. The predicted octanol–water partition coefficient (Wildman–Crippen LogP) is 1.69. The van der Waals surface area contributed by atoms with Gasteiger partial charge in [-0.15, -0.1) is 0 Å². The van der Waals surface area contributed by atoms with Crippen molar-refractivity contribution in [2.75, 3.05) is 18.6 Å². The number of anilines is 1. The van der Waals surface area contributed by atoms with E-state index in [1.807, 2.05) is 0 Å². The van der Waals surface area contributed by atoms with E-state index in [0.29, 0.717) is 11.5 Å². The Labute approximate surface area is 122 Å². The molecule has 0 unspecified atom stereocenters. The fourth-order valence-electron chi connectivity index (χ4n) is 1.77. The third kappa shape index (κ3) is 3.85. The number of hydrogen-bond acceptors (Lipinski definition) is 5. The molecule has 2 aromatic rings. The van der Waals surface area contributed by atoms with Crippen LogP contribution in [0.1, 0.15) is 16.9 Å². The van der Waals surface area contributed by atoms with E-state index in [0.717, 1.165) is 0 Å². The van der Waals surface area contributed by atoms with Gasteiger partial charge in [0, 0.05) is 18.9 Å². The van der Waals surface area contributed by atoms with Crippen LogP contribution < -0.4 is 4.90 Å². The zero-order chi connectivity index (χ0) is 15.1. The minimum atomic E-state index is -0.384. The zero-order valence-corrected chi connectivity index (χ0v) is 11.6. The van der Waals surface area contributed by atoms with Gasteiger partial charge in [0.1, 0.15) is 11.5 Å². The molecule has 2 aromatic heterocycles. The molecule has 2 rings (SSSR count). The number of aromatic nitrogens is 2. The van der Waals surface area contributed by atoms with Crippen molar-refractivity contribution < 1.29 is 14.3 Å². The second-order valence-electron chi connectivity index (χ2n) is 4.19. The molecule has 2 heterocycles. The van der Waals surface area contributed by atoms with Gasteiger partial charge in [-0.05, 0) is 24.3 Å². The summed E-state index contributed by atoms with van der Waals surface area (Å²) < 4.78 is 4.61. The number of ether oxygens (including phenoxy) is 1. The summed E-state index contributed by atoms with van der Waals surface area (Å²) in [5, 5.41) is 0. The van der Waals surface area contributed by atoms with E-state index in [2.05, 4.69) is 14.7 Å². The van der Waals surface area contributed by atoms with Crippen molar-refractivity contribution in [2.45, 2.75) is 6.42 Å². The van der Waals surface area contributed by atoms with Gasteiger partial charge in [0.05, 0.1) is 13.5 Å². The van der Waals surface area contributed by atoms with Gasteiger partial charge in [0.15, 0.2) is 0 Å². The monoisotopic (exact) mass is 285 g/mol. The van der Waals surface area contributed by atoms with Crippen molar-refractivity contribution in [3.8, 4) is 0 Å². The number of nitrogens with zero attached hydrogens (tertiary/aromatic N) is 3. The number of carbonyl (C=O) groups is 2. The first-order valence-corrected chi connectivity index (χ1v) is 6.43. The van der Waals surface area contributed by atoms with Crippen LogP contribution in [0.5, 0.6) is 0 Å². The molecule has 0 saturated heterocycles. The minimum absolute atomic E-state index is 0.0889. The molecule has 0 bridgehead atoms. The molecular weight excluding hydrogens is 270 g/mol. The molecule has 0 aromatic carbocycles. The summed E-state index contributed by atoms with van der Waals surface area (Å²) in [7, 11) is 1.31. The summed E-state index contributed by atoms with van der Waals surface area (Å²) in [6, 6.07) is 10.3. The smallest absolute Gasteiger partial charge is 0.307 e. The average Bonchev–Trinajstić information content (AvgIpc) is 2.56. The summed E-state index contributed by atoms with van der Waals surface area (Å²) >= 11 is 0. The van der Waals surface area contributed by atoms with Crippen LogP contribution in [0, 0.1) is 0 Å². The van der Waals surface area contributed by atoms with Gasteiger partial charge in [0.2, 0.25) is 0 Å². The molecule has 21 heavy (non-hydrogen) atoms. The van der Waals surface area contributed by atoms with Gasteiger partial charge in [-0.3, -0.25) is 19.5 Å². The average molecular weight is 285 g/mol. The number of methoxy groups -OCH3 is 1. The van der Waals surface area contributed by atoms with Crippen LogP contribution in [0.25, 0.3) is 0 Å². The highest BCUT2D eigenvalue weighted by molar-refractivity contribution is 6.04. The number of hydrogen-bond donors (Lipinski definition) is 0. The highest BCUT2D eigenvalue weighted by atomic mass is 16.5. The third-order valence-electron chi connectivity index (χ3n) is 2.82. The molecule has 0 atom stereocenters. The van der Waals surface area contributed by atoms with E-state index >= 15 is 0 Å². The zero-order valence-electron chi connectivity index (χ0n) is 11.6. The van der Waals surface area contributed by atoms with Crippen LogP contribution in [-0.4, -0.2) is 35.5 Å². The highest BCUT2D eigenvalue weighted by Gasteiger charge is 2.20. The van der Waals surface area contributed by atoms with Crippen molar-refractivity contribution in [3.63, 3.8) is 0 Å². The van der Waals surface area contributed by atoms with Crippen LogP contribution in [0.2, 0.25) is 0 Å². The molecule has 0 aliphatic carbocycles. The molecular formula is C15H15N3O3. The second-order valence-corrected chi connectivity index (χ2v) is 4.19. The van der Waals surface area contributed by atoms with Crippen molar-refractivity contribution in [3.05, 3.63) is 54.5 Å². The van der Waals surface area contributed by atoms with Gasteiger partial charge in [-0.2, -0.15) is 0 Å². The Morgan fingerprint density at radius 1 is 1.10 bits per heavy atom. The highest BCUT2D eigenvalue weighted by Crippen LogP contribution is 2.13. The largest absolute Gasteiger partial charge is 0.469 e. The molecule has 0 aliphatic rings. The minimum Gasteiger partial charge on any atom is -0.469 e. The summed E-state index contributed by atoms with van der Waals surface area (Å²) in [5.74, 6) is -0.222. The Morgan fingerprint density at radius 2 is 1.81 bits per heavy atom. The number of rotatable bonds is 5. The number of esters is 1. The maximum Gasteiger partial charge on any atom is 0.307 e. The van der Waals surface area contributed by atoms with Gasteiger partial charge < -0.3 is 4.74 Å². The topological polar surface area (TPSA) is 72.4 Å². The van der Waals surface area contributed by atoms with E-state index in [9.17, 15) is 9.59 Å². The van der Waals surface area contributed by atoms with E-state index in [1.54, 1.807) is 48.8 Å². The van der Waals surface area contributed by atoms with Crippen LogP contribution in [0.15, 0.2) is 48.8 Å². The molecule has 0 saturated carbocycles. The summed E-state index contributed by atoms with van der Waals surface area (Å²) in [6.07, 6.45) is 3.22. The van der Waals surface area contributed by atoms with Gasteiger partial charge in [-0.1, -0.05) is 12.1 Å². The maximum atomic E-state index is 12.5. The van der Waals surface area contributed by atoms with E-state index in [1.165, 1.54) is 12.0 Å². The van der Waals surface area contributed by atoms with Crippen LogP contribution >= 0.6 is 0 Å². The molecule has 0 radical (unpaired) electrons. The molecule has 0 spiro atoms. The Balaban J connectivity index is 2.23. The Morgan fingerprint density at radius 3 is 2.38 bits per heavy atom. The number of amides is 1. The van der Waals surface area contributed by atoms with Crippen molar-refractivity contribution in [1.29, 1.82) is 0 Å². The fraction of sp³-hybridized carbons (Fsp3) is 0.200. The standard InChI is InChI=1S/C15H15N3O3/c1-21-14(19)8-11-18(13-7-3-5-10-17-13)15(20)12-6-2-4-9-16-12/h2-7,9-10H,8,11H2,1H3. The van der Waals surface area contributed by atoms with Gasteiger partial charge in [0.25, 0.3) is 5.91 Å². The van der Waals surface area contributed by atoms with Crippen LogP contribution in [0.4, 0.5) is 5.82 Å². The quantitative estimate of drug-likeness (QED) is 0.782. The van der Waals surface area contributed by atoms with Gasteiger partial charge >= 0.3 is 5.97 Å². The fourth-order valence-corrected chi connectivity index (χ4v) is 1.77. The summed E-state index contributed by atoms with van der Waals surface area (Å²) in [5.41, 5.74) is 0.299. The molecule has 0 N–H and O–H groups in total. The maximum absolute atomic E-state index is 12.5. The summed E-state index contributed by atoms with van der Waals surface area (Å²) in [4.78, 5) is 33.4. The van der Waals surface area contributed by atoms with Gasteiger partial charge in [-0.25, -0.2) is 4.98 Å². The molecule has 6 nitrogen and oxygen atoms in total. The first-order valence-electron chi connectivity index (χ1n) is 6.43.